The van der Waals surface area contributed by atoms with Gasteiger partial charge in [-0.05, 0) is 36.4 Å². The largest absolute Gasteiger partial charge is 0.469 e. The fourth-order valence-electron chi connectivity index (χ4n) is 4.94. The first-order chi connectivity index (χ1) is 13.7. The maximum Gasteiger partial charge on any atom is 0.305 e. The second-order valence-electron chi connectivity index (χ2n) is 9.26. The zero-order chi connectivity index (χ0) is 22.1. The molecule has 0 saturated heterocycles. The van der Waals surface area contributed by atoms with Gasteiger partial charge < -0.3 is 9.16 Å². The van der Waals surface area contributed by atoms with Crippen LogP contribution in [0.5, 0.6) is 0 Å². The van der Waals surface area contributed by atoms with Gasteiger partial charge in [0.05, 0.1) is 13.2 Å². The van der Waals surface area contributed by atoms with Gasteiger partial charge in [0.15, 0.2) is 8.32 Å². The van der Waals surface area contributed by atoms with E-state index in [1.165, 1.54) is 7.11 Å². The summed E-state index contributed by atoms with van der Waals surface area (Å²) in [6.45, 7) is 15.2. The van der Waals surface area contributed by atoms with Gasteiger partial charge >= 0.3 is 5.97 Å². The molecule has 3 atom stereocenters. The molecular weight excluding hydrogens is 380 g/mol. The SMILES string of the molecule is C=CC(C)(C)[C@@H]1[C@@H](O[Si](CC)(CC)CC)CC(=O)[C@H]1CCCCCCC(=O)OC. The van der Waals surface area contributed by atoms with Crippen LogP contribution >= 0.6 is 0 Å². The molecule has 0 aromatic heterocycles. The van der Waals surface area contributed by atoms with Gasteiger partial charge in [0.2, 0.25) is 0 Å². The van der Waals surface area contributed by atoms with Crippen LogP contribution in [-0.2, 0) is 18.8 Å². The highest BCUT2D eigenvalue weighted by molar-refractivity contribution is 6.73. The Balaban J connectivity index is 2.79. The van der Waals surface area contributed by atoms with Crippen molar-refractivity contribution in [2.75, 3.05) is 7.11 Å². The summed E-state index contributed by atoms with van der Waals surface area (Å²) in [6, 6.07) is 3.32. The number of carbonyl (C=O) groups is 2. The van der Waals surface area contributed by atoms with Crippen molar-refractivity contribution in [3.8, 4) is 0 Å². The lowest BCUT2D eigenvalue weighted by Gasteiger charge is -2.40. The molecular formula is C24H44O4Si. The van der Waals surface area contributed by atoms with Crippen LogP contribution in [0.2, 0.25) is 18.1 Å². The van der Waals surface area contributed by atoms with E-state index in [2.05, 4.69) is 41.2 Å². The number of ketones is 1. The van der Waals surface area contributed by atoms with E-state index in [-0.39, 0.29) is 29.3 Å². The van der Waals surface area contributed by atoms with Crippen molar-refractivity contribution in [2.45, 2.75) is 104 Å². The molecule has 4 nitrogen and oxygen atoms in total. The summed E-state index contributed by atoms with van der Waals surface area (Å²) in [5.41, 5.74) is -0.123. The van der Waals surface area contributed by atoms with Gasteiger partial charge in [-0.3, -0.25) is 9.59 Å². The number of hydrogen-bond acceptors (Lipinski definition) is 4. The summed E-state index contributed by atoms with van der Waals surface area (Å²) in [5, 5.41) is 0. The van der Waals surface area contributed by atoms with Gasteiger partial charge in [0.25, 0.3) is 0 Å². The zero-order valence-electron chi connectivity index (χ0n) is 19.7. The van der Waals surface area contributed by atoms with E-state index >= 15 is 0 Å². The summed E-state index contributed by atoms with van der Waals surface area (Å²) in [5.74, 6) is 0.500. The molecule has 0 N–H and O–H groups in total. The molecule has 0 aromatic carbocycles. The molecule has 1 rings (SSSR count). The number of esters is 1. The number of ether oxygens (including phenoxy) is 1. The van der Waals surface area contributed by atoms with E-state index in [1.54, 1.807) is 0 Å². The first kappa shape index (κ1) is 26.1. The Morgan fingerprint density at radius 3 is 2.24 bits per heavy atom. The van der Waals surface area contributed by atoms with Crippen LogP contribution in [0.1, 0.15) is 79.6 Å². The second kappa shape index (κ2) is 12.0. The van der Waals surface area contributed by atoms with Gasteiger partial charge in [-0.2, -0.15) is 0 Å². The van der Waals surface area contributed by atoms with Crippen LogP contribution in [0.3, 0.4) is 0 Å². The molecule has 0 bridgehead atoms. The van der Waals surface area contributed by atoms with Crippen LogP contribution in [0.4, 0.5) is 0 Å². The van der Waals surface area contributed by atoms with Gasteiger partial charge in [0, 0.05) is 24.7 Å². The lowest BCUT2D eigenvalue weighted by molar-refractivity contribution is -0.140. The quantitative estimate of drug-likeness (QED) is 0.142. The first-order valence-electron chi connectivity index (χ1n) is 11.6. The number of allylic oxidation sites excluding steroid dienone is 1. The van der Waals surface area contributed by atoms with Gasteiger partial charge in [0.1, 0.15) is 5.78 Å². The number of hydrogen-bond donors (Lipinski definition) is 0. The predicted octanol–water partition coefficient (Wildman–Crippen LogP) is 6.31. The van der Waals surface area contributed by atoms with Crippen molar-refractivity contribution in [3.63, 3.8) is 0 Å². The molecule has 0 spiro atoms. The number of carbonyl (C=O) groups excluding carboxylic acids is 2. The third kappa shape index (κ3) is 7.06. The average Bonchev–Trinajstić information content (AvgIpc) is 3.03. The molecule has 0 amide bonds. The topological polar surface area (TPSA) is 52.6 Å². The molecule has 0 aromatic rings. The molecule has 1 fully saturated rings. The molecule has 0 aliphatic heterocycles. The maximum atomic E-state index is 13.0. The molecule has 5 heteroatoms. The van der Waals surface area contributed by atoms with Crippen molar-refractivity contribution in [1.82, 2.24) is 0 Å². The van der Waals surface area contributed by atoms with Crippen molar-refractivity contribution in [1.29, 1.82) is 0 Å². The van der Waals surface area contributed by atoms with Crippen molar-refractivity contribution >= 4 is 20.1 Å². The molecule has 1 aliphatic carbocycles. The van der Waals surface area contributed by atoms with Crippen LogP contribution in [0.15, 0.2) is 12.7 Å². The monoisotopic (exact) mass is 424 g/mol. The van der Waals surface area contributed by atoms with Gasteiger partial charge in [-0.1, -0.05) is 60.0 Å². The van der Waals surface area contributed by atoms with E-state index in [0.717, 1.165) is 50.2 Å². The molecule has 0 radical (unpaired) electrons. The van der Waals surface area contributed by atoms with Crippen molar-refractivity contribution < 1.29 is 18.8 Å². The Hall–Kier alpha value is -0.943. The van der Waals surface area contributed by atoms with Crippen LogP contribution < -0.4 is 0 Å². The Kier molecular flexibility index (Phi) is 10.8. The highest BCUT2D eigenvalue weighted by Crippen LogP contribution is 2.47. The number of rotatable bonds is 14. The summed E-state index contributed by atoms with van der Waals surface area (Å²) in [7, 11) is -0.337. The normalized spacial score (nSPS) is 22.7. The van der Waals surface area contributed by atoms with E-state index in [0.29, 0.717) is 18.6 Å². The summed E-state index contributed by atoms with van der Waals surface area (Å²) < 4.78 is 11.5. The average molecular weight is 425 g/mol. The Morgan fingerprint density at radius 2 is 1.72 bits per heavy atom. The van der Waals surface area contributed by atoms with E-state index < -0.39 is 8.32 Å². The molecule has 1 aliphatic rings. The van der Waals surface area contributed by atoms with E-state index in [1.807, 2.05) is 6.08 Å². The smallest absolute Gasteiger partial charge is 0.305 e. The molecule has 1 saturated carbocycles. The minimum atomic E-state index is -1.77. The van der Waals surface area contributed by atoms with Crippen LogP contribution in [0.25, 0.3) is 0 Å². The van der Waals surface area contributed by atoms with Gasteiger partial charge in [-0.15, -0.1) is 6.58 Å². The Bertz CT molecular complexity index is 531. The Morgan fingerprint density at radius 1 is 1.14 bits per heavy atom. The van der Waals surface area contributed by atoms with Gasteiger partial charge in [-0.25, -0.2) is 0 Å². The first-order valence-corrected chi connectivity index (χ1v) is 14.1. The fraction of sp³-hybridized carbons (Fsp3) is 0.833. The standard InChI is InChI=1S/C24H44O4Si/c1-8-24(5,6)23-19(16-14-12-13-15-17-22(26)27-7)20(25)18-21(23)28-29(9-2,10-3)11-4/h8,19,21,23H,1,9-18H2,2-7H3/t19-,21+,23+/m1/s1. The zero-order valence-corrected chi connectivity index (χ0v) is 20.7. The molecule has 0 heterocycles. The lowest BCUT2D eigenvalue weighted by Crippen LogP contribution is -2.44. The molecule has 168 valence electrons. The summed E-state index contributed by atoms with van der Waals surface area (Å²) >= 11 is 0. The predicted molar refractivity (Wildman–Crippen MR) is 122 cm³/mol. The third-order valence-corrected chi connectivity index (χ3v) is 11.9. The Labute approximate surface area is 179 Å². The minimum Gasteiger partial charge on any atom is -0.469 e. The lowest BCUT2D eigenvalue weighted by atomic mass is 9.71. The number of methoxy groups -OCH3 is 1. The second-order valence-corrected chi connectivity index (χ2v) is 14.0. The highest BCUT2D eigenvalue weighted by atomic mass is 28.4. The number of unbranched alkanes of at least 4 members (excludes halogenated alkanes) is 3. The van der Waals surface area contributed by atoms with E-state index in [4.69, 9.17) is 9.16 Å². The van der Waals surface area contributed by atoms with Crippen molar-refractivity contribution in [3.05, 3.63) is 12.7 Å². The third-order valence-electron chi connectivity index (χ3n) is 7.24. The minimum absolute atomic E-state index is 0.0336. The van der Waals surface area contributed by atoms with Crippen LogP contribution in [0, 0.1) is 17.3 Å². The summed E-state index contributed by atoms with van der Waals surface area (Å²) in [4.78, 5) is 24.2. The summed E-state index contributed by atoms with van der Waals surface area (Å²) in [6.07, 6.45) is 7.94. The molecule has 0 unspecified atom stereocenters. The van der Waals surface area contributed by atoms with Crippen LogP contribution in [-0.4, -0.2) is 33.3 Å². The maximum absolute atomic E-state index is 13.0. The fourth-order valence-corrected chi connectivity index (χ4v) is 7.81. The van der Waals surface area contributed by atoms with Crippen molar-refractivity contribution in [2.24, 2.45) is 17.3 Å². The molecule has 29 heavy (non-hydrogen) atoms. The number of Topliss-reactive ketones (excluding diaryl/α,β-unsaturated/α-hetero) is 1. The van der Waals surface area contributed by atoms with E-state index in [9.17, 15) is 9.59 Å². The highest BCUT2D eigenvalue weighted by Gasteiger charge is 2.50.